The molecule has 2 N–H and O–H groups in total. The minimum Gasteiger partial charge on any atom is -0.368 e. The van der Waals surface area contributed by atoms with Crippen LogP contribution in [0.1, 0.15) is 32.8 Å². The molecule has 0 aliphatic rings. The van der Waals surface area contributed by atoms with Gasteiger partial charge in [0, 0.05) is 18.0 Å². The van der Waals surface area contributed by atoms with Gasteiger partial charge in [0.2, 0.25) is 5.95 Å². The fraction of sp³-hybridized carbons (Fsp3) is 0.364. The van der Waals surface area contributed by atoms with Gasteiger partial charge < -0.3 is 5.73 Å². The largest absolute Gasteiger partial charge is 0.368 e. The maximum absolute atomic E-state index is 5.35. The zero-order chi connectivity index (χ0) is 11.7. The number of hydrogen-bond donors (Lipinski definition) is 1. The standard InChI is InChI=1S/C9H12N4.C2H6/c1-3-4-8(11-2)7-5-12-9(10)13-6-7;1-2/h4-6H,2-3H2,1H3,(H2,10,12,13);1-2H3/b8-4-;. The van der Waals surface area contributed by atoms with Crippen molar-refractivity contribution in [2.24, 2.45) is 4.99 Å². The number of nitrogen functional groups attached to an aromatic ring is 1. The van der Waals surface area contributed by atoms with E-state index in [1.807, 2.05) is 26.8 Å². The van der Waals surface area contributed by atoms with Gasteiger partial charge in [-0.15, -0.1) is 0 Å². The lowest BCUT2D eigenvalue weighted by Crippen LogP contribution is -1.94. The number of nitrogens with zero attached hydrogens (tertiary/aromatic N) is 3. The van der Waals surface area contributed by atoms with Gasteiger partial charge in [0.25, 0.3) is 0 Å². The van der Waals surface area contributed by atoms with E-state index in [9.17, 15) is 0 Å². The fourth-order valence-electron chi connectivity index (χ4n) is 0.937. The zero-order valence-corrected chi connectivity index (χ0v) is 9.57. The topological polar surface area (TPSA) is 64.2 Å². The SMILES string of the molecule is C=N/C(=C\CC)c1cnc(N)nc1.CC. The van der Waals surface area contributed by atoms with Crippen molar-refractivity contribution in [1.82, 2.24) is 9.97 Å². The van der Waals surface area contributed by atoms with Crippen LogP contribution in [0.15, 0.2) is 23.5 Å². The molecule has 1 aromatic rings. The summed E-state index contributed by atoms with van der Waals surface area (Å²) in [5.41, 5.74) is 6.99. The first kappa shape index (κ1) is 13.3. The maximum atomic E-state index is 5.35. The predicted molar refractivity (Wildman–Crippen MR) is 65.6 cm³/mol. The lowest BCUT2D eigenvalue weighted by molar-refractivity contribution is 1.16. The average molecular weight is 206 g/mol. The van der Waals surface area contributed by atoms with Gasteiger partial charge in [-0.3, -0.25) is 4.99 Å². The van der Waals surface area contributed by atoms with Crippen molar-refractivity contribution in [1.29, 1.82) is 0 Å². The average Bonchev–Trinajstić information content (AvgIpc) is 2.30. The molecule has 0 saturated carbocycles. The Morgan fingerprint density at radius 1 is 1.47 bits per heavy atom. The normalized spacial score (nSPS) is 10.2. The van der Waals surface area contributed by atoms with Gasteiger partial charge in [-0.1, -0.05) is 26.8 Å². The summed E-state index contributed by atoms with van der Waals surface area (Å²) in [4.78, 5) is 11.6. The molecule has 0 aliphatic carbocycles. The number of aliphatic imine (C=N–C) groups is 1. The van der Waals surface area contributed by atoms with Crippen LogP contribution >= 0.6 is 0 Å². The van der Waals surface area contributed by atoms with Gasteiger partial charge in [0.15, 0.2) is 0 Å². The molecular formula is C11H18N4. The van der Waals surface area contributed by atoms with E-state index in [4.69, 9.17) is 5.73 Å². The Hall–Kier alpha value is -1.71. The lowest BCUT2D eigenvalue weighted by Gasteiger charge is -1.99. The minimum atomic E-state index is 0.267. The van der Waals surface area contributed by atoms with E-state index in [0.29, 0.717) is 0 Å². The van der Waals surface area contributed by atoms with Crippen molar-refractivity contribution in [2.45, 2.75) is 27.2 Å². The Bertz CT molecular complexity index is 314. The summed E-state index contributed by atoms with van der Waals surface area (Å²) in [5.74, 6) is 0.267. The number of aromatic nitrogens is 2. The third kappa shape index (κ3) is 4.35. The van der Waals surface area contributed by atoms with Crippen molar-refractivity contribution in [3.05, 3.63) is 24.0 Å². The van der Waals surface area contributed by atoms with Gasteiger partial charge in [-0.05, 0) is 13.1 Å². The van der Waals surface area contributed by atoms with E-state index >= 15 is 0 Å². The second-order valence-electron chi connectivity index (χ2n) is 2.49. The molecule has 0 radical (unpaired) electrons. The fourth-order valence-corrected chi connectivity index (χ4v) is 0.937. The molecule has 1 aromatic heterocycles. The van der Waals surface area contributed by atoms with Crippen molar-refractivity contribution < 1.29 is 0 Å². The van der Waals surface area contributed by atoms with Crippen LogP contribution in [0.4, 0.5) is 5.95 Å². The molecule has 0 aliphatic heterocycles. The molecule has 0 amide bonds. The van der Waals surface area contributed by atoms with E-state index in [1.165, 1.54) is 0 Å². The van der Waals surface area contributed by atoms with Gasteiger partial charge in [0.1, 0.15) is 0 Å². The molecule has 4 heteroatoms. The van der Waals surface area contributed by atoms with Gasteiger partial charge in [-0.2, -0.15) is 0 Å². The summed E-state index contributed by atoms with van der Waals surface area (Å²) in [6, 6.07) is 0. The summed E-state index contributed by atoms with van der Waals surface area (Å²) < 4.78 is 0. The molecular weight excluding hydrogens is 188 g/mol. The van der Waals surface area contributed by atoms with Gasteiger partial charge >= 0.3 is 0 Å². The van der Waals surface area contributed by atoms with E-state index in [-0.39, 0.29) is 5.95 Å². The number of rotatable bonds is 3. The Labute approximate surface area is 91.0 Å². The predicted octanol–water partition coefficient (Wildman–Crippen LogP) is 2.54. The summed E-state index contributed by atoms with van der Waals surface area (Å²) in [6.45, 7) is 9.50. The molecule has 1 heterocycles. The summed E-state index contributed by atoms with van der Waals surface area (Å²) >= 11 is 0. The molecule has 0 atom stereocenters. The van der Waals surface area contributed by atoms with Crippen LogP contribution in [0.3, 0.4) is 0 Å². The monoisotopic (exact) mass is 206 g/mol. The highest BCUT2D eigenvalue weighted by Gasteiger charge is 1.98. The minimum absolute atomic E-state index is 0.267. The maximum Gasteiger partial charge on any atom is 0.219 e. The second-order valence-corrected chi connectivity index (χ2v) is 2.49. The molecule has 0 saturated heterocycles. The highest BCUT2D eigenvalue weighted by molar-refractivity contribution is 5.66. The van der Waals surface area contributed by atoms with Crippen molar-refractivity contribution >= 4 is 18.4 Å². The third-order valence-corrected chi connectivity index (χ3v) is 1.54. The second kappa shape index (κ2) is 7.67. The molecule has 0 bridgehead atoms. The van der Waals surface area contributed by atoms with E-state index < -0.39 is 0 Å². The number of hydrogen-bond acceptors (Lipinski definition) is 4. The van der Waals surface area contributed by atoms with Crippen LogP contribution in [0.2, 0.25) is 0 Å². The summed E-state index contributed by atoms with van der Waals surface area (Å²) in [7, 11) is 0. The van der Waals surface area contributed by atoms with E-state index in [0.717, 1.165) is 17.7 Å². The van der Waals surface area contributed by atoms with Crippen LogP contribution < -0.4 is 5.73 Å². The number of allylic oxidation sites excluding steroid dienone is 1. The van der Waals surface area contributed by atoms with Gasteiger partial charge in [-0.25, -0.2) is 9.97 Å². The highest BCUT2D eigenvalue weighted by Crippen LogP contribution is 2.13. The van der Waals surface area contributed by atoms with Crippen LogP contribution in [-0.2, 0) is 0 Å². The quantitative estimate of drug-likeness (QED) is 0.773. The van der Waals surface area contributed by atoms with E-state index in [2.05, 4.69) is 21.7 Å². The first-order valence-electron chi connectivity index (χ1n) is 5.02. The molecule has 0 fully saturated rings. The van der Waals surface area contributed by atoms with Crippen molar-refractivity contribution in [2.75, 3.05) is 5.73 Å². The molecule has 0 unspecified atom stereocenters. The van der Waals surface area contributed by atoms with Crippen LogP contribution in [0.5, 0.6) is 0 Å². The summed E-state index contributed by atoms with van der Waals surface area (Å²) in [5, 5.41) is 0. The van der Waals surface area contributed by atoms with Gasteiger partial charge in [0.05, 0.1) is 5.70 Å². The Kier molecular flexibility index (Phi) is 6.80. The van der Waals surface area contributed by atoms with Crippen molar-refractivity contribution in [3.8, 4) is 0 Å². The van der Waals surface area contributed by atoms with E-state index in [1.54, 1.807) is 12.4 Å². The highest BCUT2D eigenvalue weighted by atomic mass is 15.0. The zero-order valence-electron chi connectivity index (χ0n) is 9.57. The Morgan fingerprint density at radius 2 is 2.00 bits per heavy atom. The molecule has 0 spiro atoms. The lowest BCUT2D eigenvalue weighted by atomic mass is 10.2. The molecule has 15 heavy (non-hydrogen) atoms. The Balaban J connectivity index is 0.000000921. The Morgan fingerprint density at radius 3 is 2.40 bits per heavy atom. The molecule has 1 rings (SSSR count). The number of nitrogens with two attached hydrogens (primary N) is 1. The molecule has 0 aromatic carbocycles. The van der Waals surface area contributed by atoms with Crippen LogP contribution in [0.25, 0.3) is 5.70 Å². The summed E-state index contributed by atoms with van der Waals surface area (Å²) in [6.07, 6.45) is 6.14. The number of anilines is 1. The van der Waals surface area contributed by atoms with Crippen LogP contribution in [-0.4, -0.2) is 16.7 Å². The van der Waals surface area contributed by atoms with Crippen LogP contribution in [0, 0.1) is 0 Å². The first-order valence-corrected chi connectivity index (χ1v) is 5.02. The molecule has 4 nitrogen and oxygen atoms in total. The molecule has 82 valence electrons. The smallest absolute Gasteiger partial charge is 0.219 e. The van der Waals surface area contributed by atoms with Crippen molar-refractivity contribution in [3.63, 3.8) is 0 Å². The first-order chi connectivity index (χ1) is 7.27. The third-order valence-electron chi connectivity index (χ3n) is 1.54.